The molecule has 236 valence electrons. The zero-order valence-corrected chi connectivity index (χ0v) is 27.1. The molecule has 0 spiro atoms. The summed E-state index contributed by atoms with van der Waals surface area (Å²) >= 11 is 6.27. The fraction of sp³-hybridized carbons (Fsp3) is 0.235. The Morgan fingerprint density at radius 1 is 0.844 bits per heavy atom. The Labute approximate surface area is 269 Å². The van der Waals surface area contributed by atoms with Gasteiger partial charge in [-0.15, -0.1) is 0 Å². The fourth-order valence-electron chi connectivity index (χ4n) is 4.90. The number of carbonyl (C=O) groups excluding carboxylic acids is 2. The molecule has 0 unspecified atom stereocenters. The lowest BCUT2D eigenvalue weighted by Gasteiger charge is -2.33. The second-order valence-electron chi connectivity index (χ2n) is 10.3. The van der Waals surface area contributed by atoms with Crippen LogP contribution in [0.15, 0.2) is 102 Å². The predicted octanol–water partition coefficient (Wildman–Crippen LogP) is 5.25. The molecule has 0 heterocycles. The number of methoxy groups -OCH3 is 2. The van der Waals surface area contributed by atoms with Crippen LogP contribution in [0.2, 0.25) is 5.02 Å². The van der Waals surface area contributed by atoms with Gasteiger partial charge in [-0.25, -0.2) is 8.42 Å². The first-order valence-corrected chi connectivity index (χ1v) is 16.0. The van der Waals surface area contributed by atoms with Crippen molar-refractivity contribution in [2.45, 2.75) is 30.8 Å². The van der Waals surface area contributed by atoms with E-state index in [0.717, 1.165) is 15.4 Å². The van der Waals surface area contributed by atoms with Crippen molar-refractivity contribution < 1.29 is 27.5 Å². The minimum atomic E-state index is -4.27. The number of nitrogens with zero attached hydrogens (tertiary/aromatic N) is 2. The van der Waals surface area contributed by atoms with Gasteiger partial charge >= 0.3 is 0 Å². The van der Waals surface area contributed by atoms with Gasteiger partial charge in [0, 0.05) is 31.1 Å². The zero-order chi connectivity index (χ0) is 32.6. The Morgan fingerprint density at radius 3 is 2.13 bits per heavy atom. The van der Waals surface area contributed by atoms with Gasteiger partial charge in [0.2, 0.25) is 11.8 Å². The molecule has 2 amide bonds. The highest BCUT2D eigenvalue weighted by Gasteiger charge is 2.34. The van der Waals surface area contributed by atoms with Gasteiger partial charge in [0.1, 0.15) is 12.6 Å². The smallest absolute Gasteiger partial charge is 0.264 e. The van der Waals surface area contributed by atoms with Crippen molar-refractivity contribution >= 4 is 39.1 Å². The van der Waals surface area contributed by atoms with E-state index < -0.39 is 34.4 Å². The third-order valence-corrected chi connectivity index (χ3v) is 9.33. The average molecular weight is 650 g/mol. The Kier molecular flexibility index (Phi) is 11.1. The highest BCUT2D eigenvalue weighted by Crippen LogP contribution is 2.34. The molecule has 4 aromatic carbocycles. The van der Waals surface area contributed by atoms with Gasteiger partial charge in [0.05, 0.1) is 24.8 Å². The maximum atomic E-state index is 14.4. The summed E-state index contributed by atoms with van der Waals surface area (Å²) in [5.74, 6) is -0.307. The molecule has 0 bridgehead atoms. The van der Waals surface area contributed by atoms with E-state index >= 15 is 0 Å². The highest BCUT2D eigenvalue weighted by atomic mass is 35.5. The monoisotopic (exact) mass is 649 g/mol. The molecular weight excluding hydrogens is 614 g/mol. The molecule has 0 fully saturated rings. The molecule has 0 aliphatic carbocycles. The summed E-state index contributed by atoms with van der Waals surface area (Å²) in [6.07, 6.45) is 0.202. The Balaban J connectivity index is 1.83. The first-order valence-electron chi connectivity index (χ1n) is 14.2. The minimum Gasteiger partial charge on any atom is -0.493 e. The molecule has 11 heteroatoms. The van der Waals surface area contributed by atoms with E-state index in [1.165, 1.54) is 44.4 Å². The number of nitrogens with one attached hydrogen (secondary N) is 1. The van der Waals surface area contributed by atoms with Gasteiger partial charge in [-0.05, 0) is 54.4 Å². The van der Waals surface area contributed by atoms with Gasteiger partial charge < -0.3 is 19.7 Å². The molecule has 0 saturated carbocycles. The number of rotatable bonds is 13. The Morgan fingerprint density at radius 2 is 1.51 bits per heavy atom. The largest absolute Gasteiger partial charge is 0.493 e. The summed E-state index contributed by atoms with van der Waals surface area (Å²) in [5, 5.41) is 3.14. The van der Waals surface area contributed by atoms with Crippen LogP contribution in [-0.2, 0) is 32.6 Å². The van der Waals surface area contributed by atoms with E-state index in [9.17, 15) is 18.0 Å². The lowest BCUT2D eigenvalue weighted by atomic mass is 10.0. The number of hydrogen-bond donors (Lipinski definition) is 1. The van der Waals surface area contributed by atoms with E-state index in [-0.39, 0.29) is 29.3 Å². The molecule has 4 aromatic rings. The predicted molar refractivity (Wildman–Crippen MR) is 175 cm³/mol. The fourth-order valence-corrected chi connectivity index (χ4v) is 6.52. The second-order valence-corrected chi connectivity index (χ2v) is 12.6. The summed E-state index contributed by atoms with van der Waals surface area (Å²) in [6, 6.07) is 26.3. The van der Waals surface area contributed by atoms with Crippen molar-refractivity contribution in [3.8, 4) is 11.5 Å². The zero-order valence-electron chi connectivity index (χ0n) is 25.6. The highest BCUT2D eigenvalue weighted by molar-refractivity contribution is 7.92. The van der Waals surface area contributed by atoms with E-state index in [4.69, 9.17) is 21.1 Å². The van der Waals surface area contributed by atoms with Crippen LogP contribution in [-0.4, -0.2) is 59.0 Å². The van der Waals surface area contributed by atoms with Gasteiger partial charge in [-0.3, -0.25) is 13.9 Å². The van der Waals surface area contributed by atoms with Crippen molar-refractivity contribution in [3.63, 3.8) is 0 Å². The third kappa shape index (κ3) is 8.14. The van der Waals surface area contributed by atoms with E-state index in [2.05, 4.69) is 5.32 Å². The number of aryl methyl sites for hydroxylation is 1. The standard InChI is InChI=1S/C34H36ClN3O6S/c1-24-13-16-29(17-14-24)45(41,42)38(28-15-18-31(43-3)32(21-28)44-4)23-33(39)37(22-26-11-8-12-27(35)19-26)30(34(40)36-2)20-25-9-6-5-7-10-25/h5-19,21,30H,20,22-23H2,1-4H3,(H,36,40)/t30-/m0/s1. The summed E-state index contributed by atoms with van der Waals surface area (Å²) in [6.45, 7) is 1.26. The number of anilines is 1. The number of amides is 2. The number of halogens is 1. The Bertz CT molecular complexity index is 1730. The van der Waals surface area contributed by atoms with Crippen molar-refractivity contribution in [2.24, 2.45) is 0 Å². The third-order valence-electron chi connectivity index (χ3n) is 7.30. The average Bonchev–Trinajstić information content (AvgIpc) is 3.05. The van der Waals surface area contributed by atoms with Crippen molar-refractivity contribution in [3.05, 3.63) is 119 Å². The van der Waals surface area contributed by atoms with Crippen LogP contribution in [0.3, 0.4) is 0 Å². The van der Waals surface area contributed by atoms with Crippen LogP contribution < -0.4 is 19.1 Å². The molecule has 9 nitrogen and oxygen atoms in total. The minimum absolute atomic E-state index is 0.00390. The van der Waals surface area contributed by atoms with E-state index in [0.29, 0.717) is 16.3 Å². The topological polar surface area (TPSA) is 105 Å². The van der Waals surface area contributed by atoms with Crippen molar-refractivity contribution in [1.82, 2.24) is 10.2 Å². The molecule has 1 atom stereocenters. The molecule has 0 aliphatic rings. The maximum Gasteiger partial charge on any atom is 0.264 e. The van der Waals surface area contributed by atoms with Crippen molar-refractivity contribution in [2.75, 3.05) is 32.1 Å². The first kappa shape index (κ1) is 33.4. The van der Waals surface area contributed by atoms with Gasteiger partial charge in [-0.2, -0.15) is 0 Å². The summed E-state index contributed by atoms with van der Waals surface area (Å²) in [5.41, 5.74) is 2.57. The summed E-state index contributed by atoms with van der Waals surface area (Å²) < 4.78 is 40.2. The van der Waals surface area contributed by atoms with Crippen molar-refractivity contribution in [1.29, 1.82) is 0 Å². The van der Waals surface area contributed by atoms with Crippen LogP contribution in [0.1, 0.15) is 16.7 Å². The number of likely N-dealkylation sites (N-methyl/N-ethyl adjacent to an activating group) is 1. The quantitative estimate of drug-likeness (QED) is 0.212. The normalized spacial score (nSPS) is 11.8. The lowest BCUT2D eigenvalue weighted by Crippen LogP contribution is -2.53. The van der Waals surface area contributed by atoms with Gasteiger partial charge in [0.15, 0.2) is 11.5 Å². The number of sulfonamides is 1. The number of ether oxygens (including phenoxy) is 2. The van der Waals surface area contributed by atoms with Crippen LogP contribution in [0.5, 0.6) is 11.5 Å². The Hall–Kier alpha value is -4.54. The molecule has 45 heavy (non-hydrogen) atoms. The number of hydrogen-bond acceptors (Lipinski definition) is 6. The maximum absolute atomic E-state index is 14.4. The summed E-state index contributed by atoms with van der Waals surface area (Å²) in [4.78, 5) is 29.2. The van der Waals surface area contributed by atoms with Crippen LogP contribution >= 0.6 is 11.6 Å². The molecule has 1 N–H and O–H groups in total. The first-order chi connectivity index (χ1) is 21.6. The van der Waals surface area contributed by atoms with E-state index in [1.54, 1.807) is 48.5 Å². The molecule has 0 aliphatic heterocycles. The van der Waals surface area contributed by atoms with Gasteiger partial charge in [0.25, 0.3) is 10.0 Å². The van der Waals surface area contributed by atoms with Gasteiger partial charge in [-0.1, -0.05) is 71.8 Å². The van der Waals surface area contributed by atoms with Crippen LogP contribution in [0.25, 0.3) is 0 Å². The number of carbonyl (C=O) groups is 2. The lowest BCUT2D eigenvalue weighted by molar-refractivity contribution is -0.139. The molecule has 0 saturated heterocycles. The molecule has 4 rings (SSSR count). The van der Waals surface area contributed by atoms with E-state index in [1.807, 2.05) is 37.3 Å². The number of benzene rings is 4. The second kappa shape index (κ2) is 15.0. The molecule has 0 radical (unpaired) electrons. The SMILES string of the molecule is CNC(=O)[C@H](Cc1ccccc1)N(Cc1cccc(Cl)c1)C(=O)CN(c1ccc(OC)c(OC)c1)S(=O)(=O)c1ccc(C)cc1. The van der Waals surface area contributed by atoms with Crippen LogP contribution in [0, 0.1) is 6.92 Å². The summed E-state index contributed by atoms with van der Waals surface area (Å²) in [7, 11) is 0.148. The molecular formula is C34H36ClN3O6S. The van der Waals surface area contributed by atoms with Crippen LogP contribution in [0.4, 0.5) is 5.69 Å². The molecule has 0 aromatic heterocycles.